The third-order valence-electron chi connectivity index (χ3n) is 2.20. The van der Waals surface area contributed by atoms with Gasteiger partial charge in [0.25, 0.3) is 0 Å². The molecule has 0 saturated heterocycles. The van der Waals surface area contributed by atoms with E-state index in [2.05, 4.69) is 34.3 Å². The smallest absolute Gasteiger partial charge is 0.134 e. The van der Waals surface area contributed by atoms with E-state index in [-0.39, 0.29) is 0 Å². The van der Waals surface area contributed by atoms with Crippen molar-refractivity contribution in [2.24, 2.45) is 0 Å². The van der Waals surface area contributed by atoms with Crippen LogP contribution in [-0.4, -0.2) is 42.1 Å². The lowest BCUT2D eigenvalue weighted by Gasteiger charge is -2.11. The van der Waals surface area contributed by atoms with Crippen LogP contribution in [0.4, 0.5) is 11.6 Å². The van der Waals surface area contributed by atoms with Crippen LogP contribution in [0.5, 0.6) is 0 Å². The van der Waals surface area contributed by atoms with Gasteiger partial charge >= 0.3 is 0 Å². The van der Waals surface area contributed by atoms with Crippen LogP contribution in [0.25, 0.3) is 0 Å². The van der Waals surface area contributed by atoms with Gasteiger partial charge in [-0.1, -0.05) is 0 Å². The maximum absolute atomic E-state index is 5.67. The third-order valence-corrected chi connectivity index (χ3v) is 2.20. The topological polar surface area (TPSA) is 67.1 Å². The number of hydrogen-bond acceptors (Lipinski definition) is 5. The Kier molecular flexibility index (Phi) is 4.30. The summed E-state index contributed by atoms with van der Waals surface area (Å²) in [6.45, 7) is 3.88. The van der Waals surface area contributed by atoms with Gasteiger partial charge in [0.15, 0.2) is 0 Å². The molecule has 1 aromatic rings. The molecule has 84 valence electrons. The Balaban J connectivity index is 2.41. The second-order valence-corrected chi connectivity index (χ2v) is 3.82. The first-order valence-electron chi connectivity index (χ1n) is 5.07. The molecule has 0 saturated carbocycles. The maximum Gasteiger partial charge on any atom is 0.134 e. The van der Waals surface area contributed by atoms with E-state index in [9.17, 15) is 0 Å². The Bertz CT molecular complexity index is 311. The summed E-state index contributed by atoms with van der Waals surface area (Å²) in [4.78, 5) is 10.2. The van der Waals surface area contributed by atoms with Crippen molar-refractivity contribution in [2.75, 3.05) is 38.2 Å². The summed E-state index contributed by atoms with van der Waals surface area (Å²) in [5.74, 6) is 1.38. The molecule has 0 fully saturated rings. The number of nitrogens with zero attached hydrogens (tertiary/aromatic N) is 3. The van der Waals surface area contributed by atoms with Crippen molar-refractivity contribution in [2.45, 2.75) is 13.3 Å². The number of nitrogens with one attached hydrogen (secondary N) is 1. The molecule has 15 heavy (non-hydrogen) atoms. The first kappa shape index (κ1) is 11.7. The largest absolute Gasteiger partial charge is 0.383 e. The average Bonchev–Trinajstić information content (AvgIpc) is 2.18. The Morgan fingerprint density at radius 3 is 2.80 bits per heavy atom. The molecule has 0 unspecified atom stereocenters. The summed E-state index contributed by atoms with van der Waals surface area (Å²) >= 11 is 0. The molecule has 5 heteroatoms. The highest BCUT2D eigenvalue weighted by Gasteiger charge is 2.02. The van der Waals surface area contributed by atoms with Crippen molar-refractivity contribution < 1.29 is 0 Å². The minimum Gasteiger partial charge on any atom is -0.383 e. The number of rotatable bonds is 5. The maximum atomic E-state index is 5.67. The summed E-state index contributed by atoms with van der Waals surface area (Å²) in [5, 5.41) is 3.25. The molecule has 0 radical (unpaired) electrons. The summed E-state index contributed by atoms with van der Waals surface area (Å²) in [5.41, 5.74) is 6.59. The molecule has 0 aromatic carbocycles. The average molecular weight is 209 g/mol. The Morgan fingerprint density at radius 2 is 2.13 bits per heavy atom. The van der Waals surface area contributed by atoms with Gasteiger partial charge in [0, 0.05) is 12.1 Å². The highest BCUT2D eigenvalue weighted by molar-refractivity contribution is 5.53. The lowest BCUT2D eigenvalue weighted by Crippen LogP contribution is -2.17. The normalized spacial score (nSPS) is 10.7. The van der Waals surface area contributed by atoms with Crippen LogP contribution in [0.3, 0.4) is 0 Å². The fourth-order valence-corrected chi connectivity index (χ4v) is 1.24. The molecule has 0 aliphatic rings. The van der Waals surface area contributed by atoms with Crippen LogP contribution in [0.2, 0.25) is 0 Å². The second-order valence-electron chi connectivity index (χ2n) is 3.82. The lowest BCUT2D eigenvalue weighted by molar-refractivity contribution is 0.405. The van der Waals surface area contributed by atoms with Gasteiger partial charge in [-0.25, -0.2) is 9.97 Å². The number of hydrogen-bond donors (Lipinski definition) is 2. The van der Waals surface area contributed by atoms with Gasteiger partial charge in [-0.3, -0.25) is 0 Å². The minimum absolute atomic E-state index is 0.542. The van der Waals surface area contributed by atoms with Crippen molar-refractivity contribution in [3.8, 4) is 0 Å². The van der Waals surface area contributed by atoms with Crippen molar-refractivity contribution in [1.82, 2.24) is 14.9 Å². The zero-order chi connectivity index (χ0) is 11.3. The van der Waals surface area contributed by atoms with Gasteiger partial charge in [-0.05, 0) is 34.0 Å². The van der Waals surface area contributed by atoms with E-state index in [4.69, 9.17) is 5.73 Å². The van der Waals surface area contributed by atoms with E-state index in [0.717, 1.165) is 30.9 Å². The van der Waals surface area contributed by atoms with Crippen LogP contribution in [0.1, 0.15) is 12.0 Å². The van der Waals surface area contributed by atoms with Crippen molar-refractivity contribution >= 4 is 11.6 Å². The number of nitrogens with two attached hydrogens (primary N) is 1. The first-order chi connectivity index (χ1) is 7.11. The summed E-state index contributed by atoms with van der Waals surface area (Å²) in [6, 6.07) is 0. The predicted molar refractivity (Wildman–Crippen MR) is 62.8 cm³/mol. The highest BCUT2D eigenvalue weighted by Crippen LogP contribution is 2.14. The van der Waals surface area contributed by atoms with E-state index < -0.39 is 0 Å². The van der Waals surface area contributed by atoms with Gasteiger partial charge in [0.2, 0.25) is 0 Å². The molecule has 3 N–H and O–H groups in total. The molecule has 0 atom stereocenters. The fraction of sp³-hybridized carbons (Fsp3) is 0.600. The number of aromatic nitrogens is 2. The molecule has 1 heterocycles. The Labute approximate surface area is 90.7 Å². The third kappa shape index (κ3) is 3.71. The van der Waals surface area contributed by atoms with Gasteiger partial charge in [0.1, 0.15) is 18.0 Å². The van der Waals surface area contributed by atoms with E-state index >= 15 is 0 Å². The predicted octanol–water partition coefficient (Wildman–Crippen LogP) is 0.731. The SMILES string of the molecule is Cc1c(N)ncnc1NCCCN(C)C. The first-order valence-corrected chi connectivity index (χ1v) is 5.07. The summed E-state index contributed by atoms with van der Waals surface area (Å²) in [6.07, 6.45) is 2.56. The molecule has 1 rings (SSSR count). The molecule has 5 nitrogen and oxygen atoms in total. The van der Waals surface area contributed by atoms with Gasteiger partial charge in [-0.15, -0.1) is 0 Å². The number of nitrogen functional groups attached to an aromatic ring is 1. The van der Waals surface area contributed by atoms with Crippen molar-refractivity contribution in [3.05, 3.63) is 11.9 Å². The van der Waals surface area contributed by atoms with Gasteiger partial charge in [-0.2, -0.15) is 0 Å². The molecule has 0 aliphatic heterocycles. The van der Waals surface area contributed by atoms with Crippen LogP contribution in [0, 0.1) is 6.92 Å². The zero-order valence-corrected chi connectivity index (χ0v) is 9.62. The monoisotopic (exact) mass is 209 g/mol. The van der Waals surface area contributed by atoms with E-state index in [0.29, 0.717) is 5.82 Å². The molecule has 0 aliphatic carbocycles. The molecule has 0 spiro atoms. The summed E-state index contributed by atoms with van der Waals surface area (Å²) in [7, 11) is 4.13. The quantitative estimate of drug-likeness (QED) is 0.700. The van der Waals surface area contributed by atoms with Crippen LogP contribution in [-0.2, 0) is 0 Å². The van der Waals surface area contributed by atoms with Crippen LogP contribution >= 0.6 is 0 Å². The standard InChI is InChI=1S/C10H19N5/c1-8-9(11)13-7-14-10(8)12-5-4-6-15(2)3/h7H,4-6H2,1-3H3,(H3,11,12,13,14). The lowest BCUT2D eigenvalue weighted by atomic mass is 10.3. The molecular weight excluding hydrogens is 190 g/mol. The number of anilines is 2. The van der Waals surface area contributed by atoms with Gasteiger partial charge in [0.05, 0.1) is 0 Å². The van der Waals surface area contributed by atoms with Crippen LogP contribution in [0.15, 0.2) is 6.33 Å². The molecule has 0 amide bonds. The van der Waals surface area contributed by atoms with Crippen molar-refractivity contribution in [3.63, 3.8) is 0 Å². The minimum atomic E-state index is 0.542. The van der Waals surface area contributed by atoms with E-state index in [1.54, 1.807) is 0 Å². The van der Waals surface area contributed by atoms with E-state index in [1.807, 2.05) is 6.92 Å². The molecule has 1 aromatic heterocycles. The fourth-order valence-electron chi connectivity index (χ4n) is 1.24. The Hall–Kier alpha value is -1.36. The van der Waals surface area contributed by atoms with Crippen molar-refractivity contribution in [1.29, 1.82) is 0 Å². The zero-order valence-electron chi connectivity index (χ0n) is 9.62. The van der Waals surface area contributed by atoms with E-state index in [1.165, 1.54) is 6.33 Å². The van der Waals surface area contributed by atoms with Gasteiger partial charge < -0.3 is 16.0 Å². The van der Waals surface area contributed by atoms with Crippen LogP contribution < -0.4 is 11.1 Å². The summed E-state index contributed by atoms with van der Waals surface area (Å²) < 4.78 is 0. The molecular formula is C10H19N5. The molecule has 0 bridgehead atoms. The Morgan fingerprint density at radius 1 is 1.40 bits per heavy atom. The second kappa shape index (κ2) is 5.50. The highest BCUT2D eigenvalue weighted by atomic mass is 15.1.